The number of benzene rings is 3. The van der Waals surface area contributed by atoms with E-state index in [2.05, 4.69) is 28.7 Å². The van der Waals surface area contributed by atoms with Crippen molar-refractivity contribution in [2.75, 3.05) is 0 Å². The fraction of sp³-hybridized carbons (Fsp3) is 0. The predicted molar refractivity (Wildman–Crippen MR) is 125 cm³/mol. The molecule has 0 fully saturated rings. The highest BCUT2D eigenvalue weighted by molar-refractivity contribution is 14.1. The molecule has 0 saturated heterocycles. The van der Waals surface area contributed by atoms with E-state index in [4.69, 9.17) is 9.84 Å². The zero-order valence-electron chi connectivity index (χ0n) is 15.0. The highest BCUT2D eigenvalue weighted by atomic mass is 127. The lowest BCUT2D eigenvalue weighted by molar-refractivity contribution is -0.131. The zero-order chi connectivity index (χ0) is 20.4. The number of thiophene rings is 1. The first-order chi connectivity index (χ1) is 14.0. The van der Waals surface area contributed by atoms with Gasteiger partial charge in [0.15, 0.2) is 5.75 Å². The molecule has 0 radical (unpaired) electrons. The number of ether oxygens (including phenoxy) is 1. The van der Waals surface area contributed by atoms with E-state index in [0.717, 1.165) is 41.5 Å². The van der Waals surface area contributed by atoms with E-state index in [-0.39, 0.29) is 5.75 Å². The Morgan fingerprint density at radius 3 is 2.52 bits per heavy atom. The third-order valence-electron chi connectivity index (χ3n) is 4.26. The Kier molecular flexibility index (Phi) is 5.55. The molecule has 1 heterocycles. The Morgan fingerprint density at radius 1 is 1.03 bits per heavy atom. The summed E-state index contributed by atoms with van der Waals surface area (Å²) in [6, 6.07) is 20.6. The Balaban J connectivity index is 1.77. The summed E-state index contributed by atoms with van der Waals surface area (Å²) >= 11 is 3.88. The maximum atomic E-state index is 10.7. The molecule has 0 unspecified atom stereocenters. The largest absolute Gasteiger partial charge is 0.508 e. The van der Waals surface area contributed by atoms with E-state index in [1.165, 1.54) is 6.08 Å². The van der Waals surface area contributed by atoms with Crippen molar-refractivity contribution in [3.05, 3.63) is 81.9 Å². The Bertz CT molecular complexity index is 1230. The van der Waals surface area contributed by atoms with E-state index >= 15 is 0 Å². The Morgan fingerprint density at radius 2 is 1.79 bits per heavy atom. The van der Waals surface area contributed by atoms with Crippen molar-refractivity contribution in [3.63, 3.8) is 0 Å². The number of aromatic hydroxyl groups is 1. The number of carboxylic acids is 1. The molecule has 144 valence electrons. The number of phenolic OH excluding ortho intramolecular Hbond substituents is 1. The first kappa shape index (κ1) is 19.5. The van der Waals surface area contributed by atoms with E-state index < -0.39 is 5.97 Å². The van der Waals surface area contributed by atoms with Crippen molar-refractivity contribution >= 4 is 56.1 Å². The highest BCUT2D eigenvalue weighted by Gasteiger charge is 2.18. The van der Waals surface area contributed by atoms with Crippen LogP contribution in [0, 0.1) is 3.57 Å². The summed E-state index contributed by atoms with van der Waals surface area (Å²) < 4.78 is 8.33. The standard InChI is InChI=1S/C23H15IO4S/c24-19-4-2-1-3-17(19)23-22(18-11-8-15(25)13-20(18)29-23)28-16-9-5-14(6-10-16)7-12-21(26)27/h1-13,25H,(H,26,27). The van der Waals surface area contributed by atoms with Crippen LogP contribution >= 0.6 is 33.9 Å². The van der Waals surface area contributed by atoms with Crippen LogP contribution in [0.4, 0.5) is 0 Å². The van der Waals surface area contributed by atoms with Gasteiger partial charge in [0, 0.05) is 25.3 Å². The maximum Gasteiger partial charge on any atom is 0.328 e. The smallest absolute Gasteiger partial charge is 0.328 e. The van der Waals surface area contributed by atoms with Gasteiger partial charge in [0.2, 0.25) is 0 Å². The molecular weight excluding hydrogens is 499 g/mol. The second-order valence-corrected chi connectivity index (χ2v) is 8.48. The van der Waals surface area contributed by atoms with Crippen LogP contribution in [0.3, 0.4) is 0 Å². The molecule has 0 bridgehead atoms. The van der Waals surface area contributed by atoms with Crippen LogP contribution < -0.4 is 4.74 Å². The first-order valence-corrected chi connectivity index (χ1v) is 10.6. The zero-order valence-corrected chi connectivity index (χ0v) is 18.0. The summed E-state index contributed by atoms with van der Waals surface area (Å²) in [5.41, 5.74) is 1.85. The van der Waals surface area contributed by atoms with Gasteiger partial charge in [0.1, 0.15) is 11.5 Å². The SMILES string of the molecule is O=C(O)C=Cc1ccc(Oc2c(-c3ccccc3I)sc3cc(O)ccc23)cc1. The molecule has 2 N–H and O–H groups in total. The molecule has 0 aliphatic carbocycles. The van der Waals surface area contributed by atoms with Crippen LogP contribution in [0.25, 0.3) is 26.6 Å². The van der Waals surface area contributed by atoms with Crippen molar-refractivity contribution in [2.45, 2.75) is 0 Å². The van der Waals surface area contributed by atoms with E-state index in [1.54, 1.807) is 35.6 Å². The molecule has 4 aromatic rings. The second-order valence-electron chi connectivity index (χ2n) is 6.26. The maximum absolute atomic E-state index is 10.7. The molecule has 1 aromatic heterocycles. The van der Waals surface area contributed by atoms with Gasteiger partial charge in [-0.15, -0.1) is 11.3 Å². The average molecular weight is 514 g/mol. The first-order valence-electron chi connectivity index (χ1n) is 8.70. The summed E-state index contributed by atoms with van der Waals surface area (Å²) in [6.45, 7) is 0. The topological polar surface area (TPSA) is 66.8 Å². The summed E-state index contributed by atoms with van der Waals surface area (Å²) in [6.07, 6.45) is 2.64. The number of halogens is 1. The van der Waals surface area contributed by atoms with Gasteiger partial charge in [-0.25, -0.2) is 4.79 Å². The minimum absolute atomic E-state index is 0.217. The molecule has 4 rings (SSSR count). The van der Waals surface area contributed by atoms with Crippen LogP contribution in [0.15, 0.2) is 72.8 Å². The van der Waals surface area contributed by atoms with E-state index in [1.807, 2.05) is 36.4 Å². The number of rotatable bonds is 5. The number of carboxylic acid groups (broad SMARTS) is 1. The number of carbonyl (C=O) groups is 1. The van der Waals surface area contributed by atoms with Crippen molar-refractivity contribution in [1.29, 1.82) is 0 Å². The van der Waals surface area contributed by atoms with Gasteiger partial charge in [0.05, 0.1) is 4.88 Å². The monoisotopic (exact) mass is 514 g/mol. The number of hydrogen-bond acceptors (Lipinski definition) is 4. The molecule has 0 amide bonds. The molecule has 0 saturated carbocycles. The molecule has 29 heavy (non-hydrogen) atoms. The second kappa shape index (κ2) is 8.26. The summed E-state index contributed by atoms with van der Waals surface area (Å²) in [7, 11) is 0. The number of phenols is 1. The van der Waals surface area contributed by atoms with E-state index in [0.29, 0.717) is 5.75 Å². The number of fused-ring (bicyclic) bond motifs is 1. The molecule has 4 nitrogen and oxygen atoms in total. The average Bonchev–Trinajstić information content (AvgIpc) is 3.05. The van der Waals surface area contributed by atoms with E-state index in [9.17, 15) is 9.90 Å². The van der Waals surface area contributed by atoms with Crippen LogP contribution in [0.1, 0.15) is 5.56 Å². The van der Waals surface area contributed by atoms with Crippen molar-refractivity contribution < 1.29 is 19.7 Å². The number of hydrogen-bond donors (Lipinski definition) is 2. The molecule has 0 aliphatic heterocycles. The Hall–Kier alpha value is -2.84. The van der Waals surface area contributed by atoms with Crippen LogP contribution in [-0.2, 0) is 4.79 Å². The summed E-state index contributed by atoms with van der Waals surface area (Å²) in [4.78, 5) is 11.7. The van der Waals surface area contributed by atoms with Crippen molar-refractivity contribution in [3.8, 4) is 27.7 Å². The molecular formula is C23H15IO4S. The quantitative estimate of drug-likeness (QED) is 0.228. The lowest BCUT2D eigenvalue weighted by Gasteiger charge is -2.09. The van der Waals surface area contributed by atoms with Gasteiger partial charge >= 0.3 is 5.97 Å². The molecule has 0 spiro atoms. The van der Waals surface area contributed by atoms with Gasteiger partial charge < -0.3 is 14.9 Å². The molecule has 0 atom stereocenters. The van der Waals surface area contributed by atoms with Crippen LogP contribution in [0.2, 0.25) is 0 Å². The molecule has 6 heteroatoms. The minimum atomic E-state index is -0.986. The predicted octanol–water partition coefficient (Wildman–Crippen LogP) is 6.77. The normalized spacial score (nSPS) is 11.2. The minimum Gasteiger partial charge on any atom is -0.508 e. The summed E-state index contributed by atoms with van der Waals surface area (Å²) in [5.74, 6) is 0.620. The molecule has 0 aliphatic rings. The van der Waals surface area contributed by atoms with Crippen LogP contribution in [-0.4, -0.2) is 16.2 Å². The number of aliphatic carboxylic acids is 1. The Labute approximate surface area is 184 Å². The van der Waals surface area contributed by atoms with Gasteiger partial charge in [0.25, 0.3) is 0 Å². The van der Waals surface area contributed by atoms with Crippen LogP contribution in [0.5, 0.6) is 17.2 Å². The van der Waals surface area contributed by atoms with Crippen molar-refractivity contribution in [1.82, 2.24) is 0 Å². The van der Waals surface area contributed by atoms with Crippen molar-refractivity contribution in [2.24, 2.45) is 0 Å². The van der Waals surface area contributed by atoms with Gasteiger partial charge in [-0.2, -0.15) is 0 Å². The highest BCUT2D eigenvalue weighted by Crippen LogP contribution is 2.48. The fourth-order valence-electron chi connectivity index (χ4n) is 2.92. The summed E-state index contributed by atoms with van der Waals surface area (Å²) in [5, 5.41) is 19.6. The third-order valence-corrected chi connectivity index (χ3v) is 6.37. The third kappa shape index (κ3) is 4.28. The van der Waals surface area contributed by atoms with Gasteiger partial charge in [-0.3, -0.25) is 0 Å². The van der Waals surface area contributed by atoms with Gasteiger partial charge in [-0.1, -0.05) is 30.3 Å². The lowest BCUT2D eigenvalue weighted by atomic mass is 10.1. The molecule has 3 aromatic carbocycles. The van der Waals surface area contributed by atoms with Gasteiger partial charge in [-0.05, 0) is 70.6 Å². The fourth-order valence-corrected chi connectivity index (χ4v) is 4.96. The lowest BCUT2D eigenvalue weighted by Crippen LogP contribution is -1.88.